The fourth-order valence-electron chi connectivity index (χ4n) is 4.57. The standard InChI is InChI=1S/C26H44O6/c1-25(2,23(27)28)17-7-13-19-9-5-11-21(31-19)15-16-22-12-6-10-20(32-22)14-8-18-26(3,4)24(29)30/h15-16,19-22H,5-14,17-18H2,1-4H3,(H,27,28)(H,29,30). The van der Waals surface area contributed by atoms with Gasteiger partial charge in [0.2, 0.25) is 0 Å². The van der Waals surface area contributed by atoms with E-state index in [1.807, 2.05) is 0 Å². The Labute approximate surface area is 193 Å². The number of carboxylic acid groups (broad SMARTS) is 2. The first kappa shape index (κ1) is 26.8. The van der Waals surface area contributed by atoms with Gasteiger partial charge < -0.3 is 19.7 Å². The summed E-state index contributed by atoms with van der Waals surface area (Å²) < 4.78 is 12.5. The molecule has 4 unspecified atom stereocenters. The average molecular weight is 453 g/mol. The Kier molecular flexibility index (Phi) is 10.2. The summed E-state index contributed by atoms with van der Waals surface area (Å²) in [6.07, 6.45) is 16.3. The second kappa shape index (κ2) is 12.2. The van der Waals surface area contributed by atoms with Crippen LogP contribution in [0.15, 0.2) is 12.2 Å². The summed E-state index contributed by atoms with van der Waals surface area (Å²) >= 11 is 0. The molecule has 0 aromatic rings. The van der Waals surface area contributed by atoms with Crippen molar-refractivity contribution in [1.29, 1.82) is 0 Å². The van der Waals surface area contributed by atoms with Crippen LogP contribution in [0.2, 0.25) is 0 Å². The van der Waals surface area contributed by atoms with Crippen LogP contribution < -0.4 is 0 Å². The monoisotopic (exact) mass is 452 g/mol. The smallest absolute Gasteiger partial charge is 0.309 e. The number of hydrogen-bond acceptors (Lipinski definition) is 4. The fraction of sp³-hybridized carbons (Fsp3) is 0.846. The molecule has 0 bridgehead atoms. The number of aliphatic carboxylic acids is 2. The molecule has 2 aliphatic rings. The van der Waals surface area contributed by atoms with Crippen LogP contribution in [0.1, 0.15) is 105 Å². The number of carbonyl (C=O) groups is 2. The minimum absolute atomic E-state index is 0.113. The second-order valence-corrected chi connectivity index (χ2v) is 11.0. The van der Waals surface area contributed by atoms with Crippen molar-refractivity contribution in [2.45, 2.75) is 129 Å². The molecule has 2 saturated heterocycles. The van der Waals surface area contributed by atoms with Gasteiger partial charge >= 0.3 is 11.9 Å². The highest BCUT2D eigenvalue weighted by atomic mass is 16.5. The number of carboxylic acids is 2. The quantitative estimate of drug-likeness (QED) is 0.354. The molecule has 2 fully saturated rings. The van der Waals surface area contributed by atoms with E-state index in [1.54, 1.807) is 27.7 Å². The van der Waals surface area contributed by atoms with Crippen LogP contribution in [-0.4, -0.2) is 46.6 Å². The van der Waals surface area contributed by atoms with Crippen LogP contribution >= 0.6 is 0 Å². The highest BCUT2D eigenvalue weighted by molar-refractivity contribution is 5.73. The van der Waals surface area contributed by atoms with E-state index in [1.165, 1.54) is 0 Å². The van der Waals surface area contributed by atoms with Gasteiger partial charge in [0.05, 0.1) is 35.2 Å². The van der Waals surface area contributed by atoms with Gasteiger partial charge in [0.25, 0.3) is 0 Å². The summed E-state index contributed by atoms with van der Waals surface area (Å²) in [5.41, 5.74) is -1.35. The van der Waals surface area contributed by atoms with Crippen LogP contribution in [-0.2, 0) is 19.1 Å². The Morgan fingerprint density at radius 1 is 0.750 bits per heavy atom. The van der Waals surface area contributed by atoms with Crippen LogP contribution in [0.3, 0.4) is 0 Å². The zero-order valence-corrected chi connectivity index (χ0v) is 20.5. The zero-order valence-electron chi connectivity index (χ0n) is 20.5. The van der Waals surface area contributed by atoms with Crippen molar-refractivity contribution in [3.8, 4) is 0 Å². The van der Waals surface area contributed by atoms with Crippen molar-refractivity contribution in [2.24, 2.45) is 10.8 Å². The molecule has 184 valence electrons. The Morgan fingerprint density at radius 2 is 1.12 bits per heavy atom. The molecule has 0 saturated carbocycles. The van der Waals surface area contributed by atoms with Crippen molar-refractivity contribution >= 4 is 11.9 Å². The van der Waals surface area contributed by atoms with Crippen LogP contribution in [0, 0.1) is 10.8 Å². The Balaban J connectivity index is 1.72. The van der Waals surface area contributed by atoms with Crippen LogP contribution in [0.25, 0.3) is 0 Å². The van der Waals surface area contributed by atoms with Crippen LogP contribution in [0.4, 0.5) is 0 Å². The van der Waals surface area contributed by atoms with Crippen molar-refractivity contribution in [3.63, 3.8) is 0 Å². The van der Waals surface area contributed by atoms with Crippen molar-refractivity contribution < 1.29 is 29.3 Å². The normalized spacial score (nSPS) is 27.5. The van der Waals surface area contributed by atoms with Gasteiger partial charge in [-0.05, 0) is 105 Å². The highest BCUT2D eigenvalue weighted by Gasteiger charge is 2.29. The lowest BCUT2D eigenvalue weighted by molar-refractivity contribution is -0.148. The summed E-state index contributed by atoms with van der Waals surface area (Å²) in [5, 5.41) is 18.5. The lowest BCUT2D eigenvalue weighted by Gasteiger charge is -2.31. The topological polar surface area (TPSA) is 93.1 Å². The minimum Gasteiger partial charge on any atom is -0.481 e. The summed E-state index contributed by atoms with van der Waals surface area (Å²) in [6, 6.07) is 0. The van der Waals surface area contributed by atoms with E-state index in [0.717, 1.165) is 64.2 Å². The Hall–Kier alpha value is -1.40. The molecule has 2 aliphatic heterocycles. The van der Waals surface area contributed by atoms with E-state index in [-0.39, 0.29) is 24.4 Å². The third-order valence-electron chi connectivity index (χ3n) is 7.12. The molecule has 0 aromatic heterocycles. The van der Waals surface area contributed by atoms with E-state index in [0.29, 0.717) is 12.8 Å². The molecule has 4 atom stereocenters. The summed E-state index contributed by atoms with van der Waals surface area (Å²) in [6.45, 7) is 7.14. The maximum absolute atomic E-state index is 11.3. The second-order valence-electron chi connectivity index (χ2n) is 11.0. The maximum Gasteiger partial charge on any atom is 0.309 e. The lowest BCUT2D eigenvalue weighted by Crippen LogP contribution is -2.29. The lowest BCUT2D eigenvalue weighted by atomic mass is 9.86. The molecule has 0 spiro atoms. The number of ether oxygens (including phenoxy) is 2. The van der Waals surface area contributed by atoms with Gasteiger partial charge in [-0.2, -0.15) is 0 Å². The van der Waals surface area contributed by atoms with Gasteiger partial charge in [-0.1, -0.05) is 12.2 Å². The number of rotatable bonds is 12. The largest absolute Gasteiger partial charge is 0.481 e. The molecule has 6 heteroatoms. The first-order valence-corrected chi connectivity index (χ1v) is 12.5. The average Bonchev–Trinajstić information content (AvgIpc) is 2.72. The molecule has 2 N–H and O–H groups in total. The van der Waals surface area contributed by atoms with E-state index in [2.05, 4.69) is 12.2 Å². The molecule has 2 rings (SSSR count). The van der Waals surface area contributed by atoms with Gasteiger partial charge in [-0.3, -0.25) is 9.59 Å². The fourth-order valence-corrected chi connectivity index (χ4v) is 4.57. The van der Waals surface area contributed by atoms with Gasteiger partial charge in [-0.15, -0.1) is 0 Å². The van der Waals surface area contributed by atoms with Gasteiger partial charge in [0.15, 0.2) is 0 Å². The molecular weight excluding hydrogens is 408 g/mol. The van der Waals surface area contributed by atoms with Gasteiger partial charge in [0.1, 0.15) is 0 Å². The van der Waals surface area contributed by atoms with Crippen molar-refractivity contribution in [1.82, 2.24) is 0 Å². The van der Waals surface area contributed by atoms with E-state index in [4.69, 9.17) is 9.47 Å². The third-order valence-corrected chi connectivity index (χ3v) is 7.12. The summed E-state index contributed by atoms with van der Waals surface area (Å²) in [4.78, 5) is 22.5. The molecule has 2 heterocycles. The minimum atomic E-state index is -0.737. The number of hydrogen-bond donors (Lipinski definition) is 2. The first-order valence-electron chi connectivity index (χ1n) is 12.5. The van der Waals surface area contributed by atoms with Crippen molar-refractivity contribution in [2.75, 3.05) is 0 Å². The molecule has 0 aromatic carbocycles. The van der Waals surface area contributed by atoms with Crippen LogP contribution in [0.5, 0.6) is 0 Å². The molecule has 0 radical (unpaired) electrons. The molecule has 32 heavy (non-hydrogen) atoms. The Morgan fingerprint density at radius 3 is 1.47 bits per heavy atom. The molecule has 0 aliphatic carbocycles. The van der Waals surface area contributed by atoms with E-state index < -0.39 is 22.8 Å². The maximum atomic E-state index is 11.3. The summed E-state index contributed by atoms with van der Waals surface area (Å²) in [7, 11) is 0. The van der Waals surface area contributed by atoms with Gasteiger partial charge in [-0.25, -0.2) is 0 Å². The van der Waals surface area contributed by atoms with Gasteiger partial charge in [0, 0.05) is 0 Å². The van der Waals surface area contributed by atoms with E-state index >= 15 is 0 Å². The molecule has 0 amide bonds. The van der Waals surface area contributed by atoms with E-state index in [9.17, 15) is 19.8 Å². The highest BCUT2D eigenvalue weighted by Crippen LogP contribution is 2.30. The first-order chi connectivity index (χ1) is 15.0. The predicted octanol–water partition coefficient (Wildman–Crippen LogP) is 5.98. The zero-order chi connectivity index (χ0) is 23.8. The Bertz CT molecular complexity index is 584. The molecule has 6 nitrogen and oxygen atoms in total. The van der Waals surface area contributed by atoms with Crippen molar-refractivity contribution in [3.05, 3.63) is 12.2 Å². The molecular formula is C26H44O6. The summed E-state index contributed by atoms with van der Waals surface area (Å²) in [5.74, 6) is -1.47. The third kappa shape index (κ3) is 8.86. The predicted molar refractivity (Wildman–Crippen MR) is 125 cm³/mol. The SMILES string of the molecule is CC(C)(CCCC1CCCC(C=CC2CCCC(CCCC(C)(C)C(=O)O)O2)O1)C(=O)O.